The van der Waals surface area contributed by atoms with Crippen LogP contribution in [0.1, 0.15) is 38.5 Å². The highest BCUT2D eigenvalue weighted by atomic mass is 35.5. The maximum atomic E-state index is 12.5. The van der Waals surface area contributed by atoms with Gasteiger partial charge in [0.05, 0.1) is 12.6 Å². The number of carbonyl (C=O) groups excluding carboxylic acids is 1. The van der Waals surface area contributed by atoms with Gasteiger partial charge in [-0.25, -0.2) is 0 Å². The van der Waals surface area contributed by atoms with Crippen LogP contribution in [-0.4, -0.2) is 60.0 Å². The molecule has 0 radical (unpaired) electrons. The Morgan fingerprint density at radius 2 is 2.00 bits per heavy atom. The molecule has 2 heterocycles. The smallest absolute Gasteiger partial charge is 0.237 e. The summed E-state index contributed by atoms with van der Waals surface area (Å²) in [5.41, 5.74) is 0. The summed E-state index contributed by atoms with van der Waals surface area (Å²) in [6, 6.07) is 1.15. The minimum absolute atomic E-state index is 0. The van der Waals surface area contributed by atoms with Crippen molar-refractivity contribution in [2.75, 3.05) is 26.2 Å². The standard InChI is InChI=1S/C16H25N3O.ClH/c1-2-9-18-10-4-3-5-15(18)16(20)17-13-8-11-19(12-13)14-6-7-14;/h1,13-15H,3-12H2,(H,17,20);1H. The summed E-state index contributed by atoms with van der Waals surface area (Å²) in [4.78, 5) is 17.2. The molecule has 0 aromatic carbocycles. The van der Waals surface area contributed by atoms with Crippen molar-refractivity contribution in [1.82, 2.24) is 15.1 Å². The molecule has 4 nitrogen and oxygen atoms in total. The summed E-state index contributed by atoms with van der Waals surface area (Å²) in [5, 5.41) is 3.26. The number of amides is 1. The van der Waals surface area contributed by atoms with Crippen LogP contribution in [0.5, 0.6) is 0 Å². The van der Waals surface area contributed by atoms with Crippen LogP contribution < -0.4 is 5.32 Å². The molecule has 2 unspecified atom stereocenters. The Hall–Kier alpha value is -0.760. The van der Waals surface area contributed by atoms with Crippen molar-refractivity contribution in [3.8, 4) is 12.3 Å². The SMILES string of the molecule is C#CCN1CCCCC1C(=O)NC1CCN(C2CC2)C1.Cl. The van der Waals surface area contributed by atoms with E-state index in [0.29, 0.717) is 12.6 Å². The quantitative estimate of drug-likeness (QED) is 0.794. The highest BCUT2D eigenvalue weighted by Crippen LogP contribution is 2.29. The summed E-state index contributed by atoms with van der Waals surface area (Å²) < 4.78 is 0. The van der Waals surface area contributed by atoms with E-state index in [2.05, 4.69) is 21.0 Å². The molecule has 3 rings (SSSR count). The predicted octanol–water partition coefficient (Wildman–Crippen LogP) is 1.25. The van der Waals surface area contributed by atoms with E-state index in [1.54, 1.807) is 0 Å². The lowest BCUT2D eigenvalue weighted by Gasteiger charge is -2.33. The Bertz CT molecular complexity index is 405. The summed E-state index contributed by atoms with van der Waals surface area (Å²) in [6.07, 6.45) is 12.5. The molecule has 1 aliphatic carbocycles. The number of hydrogen-bond donors (Lipinski definition) is 1. The van der Waals surface area contributed by atoms with Gasteiger partial charge in [-0.2, -0.15) is 0 Å². The first-order chi connectivity index (χ1) is 9.78. The molecule has 0 aromatic heterocycles. The Kier molecular flexibility index (Phi) is 5.92. The second kappa shape index (κ2) is 7.49. The van der Waals surface area contributed by atoms with E-state index in [1.807, 2.05) is 0 Å². The highest BCUT2D eigenvalue weighted by Gasteiger charge is 2.36. The van der Waals surface area contributed by atoms with Crippen LogP contribution in [0.25, 0.3) is 0 Å². The lowest BCUT2D eigenvalue weighted by atomic mass is 10.0. The average molecular weight is 312 g/mol. The number of likely N-dealkylation sites (tertiary alicyclic amines) is 2. The Morgan fingerprint density at radius 3 is 2.71 bits per heavy atom. The minimum Gasteiger partial charge on any atom is -0.351 e. The molecule has 0 bridgehead atoms. The van der Waals surface area contributed by atoms with Gasteiger partial charge < -0.3 is 5.32 Å². The monoisotopic (exact) mass is 311 g/mol. The number of piperidine rings is 1. The van der Waals surface area contributed by atoms with Gasteiger partial charge in [-0.15, -0.1) is 18.8 Å². The van der Waals surface area contributed by atoms with E-state index in [-0.39, 0.29) is 24.4 Å². The Labute approximate surface area is 134 Å². The summed E-state index contributed by atoms with van der Waals surface area (Å²) in [5.74, 6) is 2.88. The summed E-state index contributed by atoms with van der Waals surface area (Å²) >= 11 is 0. The normalized spacial score (nSPS) is 30.4. The molecule has 2 aliphatic heterocycles. The molecule has 3 fully saturated rings. The zero-order valence-electron chi connectivity index (χ0n) is 12.6. The van der Waals surface area contributed by atoms with E-state index in [4.69, 9.17) is 6.42 Å². The maximum Gasteiger partial charge on any atom is 0.237 e. The van der Waals surface area contributed by atoms with E-state index in [1.165, 1.54) is 12.8 Å². The summed E-state index contributed by atoms with van der Waals surface area (Å²) in [6.45, 7) is 3.74. The van der Waals surface area contributed by atoms with Crippen molar-refractivity contribution < 1.29 is 4.79 Å². The molecule has 118 valence electrons. The number of carbonyl (C=O) groups is 1. The van der Waals surface area contributed by atoms with Gasteiger partial charge in [-0.05, 0) is 38.6 Å². The third-order valence-electron chi connectivity index (χ3n) is 4.84. The van der Waals surface area contributed by atoms with Crippen LogP contribution in [0, 0.1) is 12.3 Å². The first-order valence-corrected chi connectivity index (χ1v) is 8.00. The molecule has 0 aromatic rings. The fourth-order valence-corrected chi connectivity index (χ4v) is 3.57. The zero-order chi connectivity index (χ0) is 13.9. The van der Waals surface area contributed by atoms with Crippen LogP contribution in [0.4, 0.5) is 0 Å². The third kappa shape index (κ3) is 4.12. The topological polar surface area (TPSA) is 35.6 Å². The first kappa shape index (κ1) is 16.6. The van der Waals surface area contributed by atoms with Crippen LogP contribution in [-0.2, 0) is 4.79 Å². The molecular formula is C16H26ClN3O. The number of hydrogen-bond acceptors (Lipinski definition) is 3. The Balaban J connectivity index is 0.00000161. The number of nitrogens with zero attached hydrogens (tertiary/aromatic N) is 2. The number of halogens is 1. The van der Waals surface area contributed by atoms with Gasteiger partial charge in [0.1, 0.15) is 0 Å². The van der Waals surface area contributed by atoms with Gasteiger partial charge in [0, 0.05) is 25.2 Å². The second-order valence-corrected chi connectivity index (χ2v) is 6.41. The molecule has 5 heteroatoms. The molecule has 21 heavy (non-hydrogen) atoms. The van der Waals surface area contributed by atoms with Crippen LogP contribution in [0.2, 0.25) is 0 Å². The van der Waals surface area contributed by atoms with Crippen molar-refractivity contribution in [2.24, 2.45) is 0 Å². The Morgan fingerprint density at radius 1 is 1.19 bits per heavy atom. The van der Waals surface area contributed by atoms with E-state index in [9.17, 15) is 4.79 Å². The maximum absolute atomic E-state index is 12.5. The lowest BCUT2D eigenvalue weighted by molar-refractivity contribution is -0.128. The van der Waals surface area contributed by atoms with Crippen molar-refractivity contribution in [3.63, 3.8) is 0 Å². The van der Waals surface area contributed by atoms with Crippen molar-refractivity contribution in [2.45, 2.75) is 56.7 Å². The van der Waals surface area contributed by atoms with Gasteiger partial charge in [0.15, 0.2) is 0 Å². The second-order valence-electron chi connectivity index (χ2n) is 6.41. The highest BCUT2D eigenvalue weighted by molar-refractivity contribution is 5.85. The molecule has 3 aliphatic rings. The zero-order valence-corrected chi connectivity index (χ0v) is 13.4. The average Bonchev–Trinajstić information content (AvgIpc) is 3.20. The largest absolute Gasteiger partial charge is 0.351 e. The van der Waals surface area contributed by atoms with Gasteiger partial charge in [-0.3, -0.25) is 14.6 Å². The van der Waals surface area contributed by atoms with Crippen molar-refractivity contribution in [3.05, 3.63) is 0 Å². The molecule has 2 saturated heterocycles. The first-order valence-electron chi connectivity index (χ1n) is 8.00. The summed E-state index contributed by atoms with van der Waals surface area (Å²) in [7, 11) is 0. The van der Waals surface area contributed by atoms with Crippen LogP contribution in [0.15, 0.2) is 0 Å². The van der Waals surface area contributed by atoms with Gasteiger partial charge in [-0.1, -0.05) is 12.3 Å². The number of terminal acetylenes is 1. The molecule has 0 spiro atoms. The van der Waals surface area contributed by atoms with Crippen LogP contribution >= 0.6 is 12.4 Å². The predicted molar refractivity (Wildman–Crippen MR) is 86.4 cm³/mol. The fraction of sp³-hybridized carbons (Fsp3) is 0.812. The van der Waals surface area contributed by atoms with Crippen LogP contribution in [0.3, 0.4) is 0 Å². The molecule has 2 atom stereocenters. The van der Waals surface area contributed by atoms with E-state index < -0.39 is 0 Å². The van der Waals surface area contributed by atoms with E-state index in [0.717, 1.165) is 51.4 Å². The van der Waals surface area contributed by atoms with Crippen molar-refractivity contribution in [1.29, 1.82) is 0 Å². The van der Waals surface area contributed by atoms with E-state index >= 15 is 0 Å². The number of nitrogens with one attached hydrogen (secondary N) is 1. The minimum atomic E-state index is -0.00484. The lowest BCUT2D eigenvalue weighted by Crippen LogP contribution is -2.52. The van der Waals surface area contributed by atoms with Gasteiger partial charge >= 0.3 is 0 Å². The third-order valence-corrected chi connectivity index (χ3v) is 4.84. The molecule has 1 N–H and O–H groups in total. The van der Waals surface area contributed by atoms with Gasteiger partial charge in [0.25, 0.3) is 0 Å². The molecule has 1 saturated carbocycles. The molecular weight excluding hydrogens is 286 g/mol. The van der Waals surface area contributed by atoms with Crippen molar-refractivity contribution >= 4 is 18.3 Å². The number of rotatable bonds is 4. The van der Waals surface area contributed by atoms with Gasteiger partial charge in [0.2, 0.25) is 5.91 Å². The molecule has 1 amide bonds. The fourth-order valence-electron chi connectivity index (χ4n) is 3.57.